The number of benzene rings is 1. The molecule has 2 bridgehead atoms. The van der Waals surface area contributed by atoms with Crippen molar-refractivity contribution >= 4 is 29.4 Å². The Morgan fingerprint density at radius 3 is 2.49 bits per heavy atom. The molecule has 1 aromatic heterocycles. The quantitative estimate of drug-likeness (QED) is 0.345. The molecule has 1 atom stereocenters. The summed E-state index contributed by atoms with van der Waals surface area (Å²) in [6.07, 6.45) is 7.19. The zero-order valence-electron chi connectivity index (χ0n) is 29.1. The predicted molar refractivity (Wildman–Crippen MR) is 185 cm³/mol. The number of ether oxygens (including phenoxy) is 2. The van der Waals surface area contributed by atoms with Crippen LogP contribution in [0.3, 0.4) is 0 Å². The van der Waals surface area contributed by atoms with Crippen LogP contribution in [0.5, 0.6) is 0 Å². The van der Waals surface area contributed by atoms with Gasteiger partial charge < -0.3 is 29.9 Å². The molecular weight excluding hydrogens is 624 g/mol. The number of carbonyl (C=O) groups is 4. The molecule has 1 saturated carbocycles. The van der Waals surface area contributed by atoms with Crippen LogP contribution >= 0.6 is 0 Å². The monoisotopic (exact) mass is 674 g/mol. The van der Waals surface area contributed by atoms with Gasteiger partial charge >= 0.3 is 5.97 Å². The van der Waals surface area contributed by atoms with Gasteiger partial charge in [0, 0.05) is 64.5 Å². The van der Waals surface area contributed by atoms with E-state index >= 15 is 0 Å². The van der Waals surface area contributed by atoms with E-state index < -0.39 is 5.41 Å². The maximum Gasteiger partial charge on any atom is 0.314 e. The van der Waals surface area contributed by atoms with Gasteiger partial charge in [-0.15, -0.1) is 0 Å². The minimum absolute atomic E-state index is 0.0625. The SMILES string of the molecule is CCc1cccc(-c2cnc(C(=O)N3CCN(CC45CCC(C(=O)OC)(CC4)CO5)CC3)c(NC(=O)CNCC3CCN(C)C(=O)C3)c2)c1. The molecule has 5 aliphatic rings. The van der Waals surface area contributed by atoms with Crippen LogP contribution in [0.25, 0.3) is 11.1 Å². The number of methoxy groups -OCH3 is 1. The number of piperidine rings is 1. The number of fused-ring (bicyclic) bond motifs is 3. The predicted octanol–water partition coefficient (Wildman–Crippen LogP) is 2.97. The van der Waals surface area contributed by atoms with Gasteiger partial charge in [-0.25, -0.2) is 4.98 Å². The van der Waals surface area contributed by atoms with E-state index in [1.807, 2.05) is 30.1 Å². The summed E-state index contributed by atoms with van der Waals surface area (Å²) in [4.78, 5) is 62.2. The third-order valence-corrected chi connectivity index (χ3v) is 11.1. The van der Waals surface area contributed by atoms with Crippen LogP contribution in [-0.2, 0) is 30.3 Å². The molecule has 12 nitrogen and oxygen atoms in total. The molecule has 2 N–H and O–H groups in total. The number of esters is 1. The van der Waals surface area contributed by atoms with E-state index in [1.54, 1.807) is 11.1 Å². The van der Waals surface area contributed by atoms with Gasteiger partial charge in [0.15, 0.2) is 5.69 Å². The maximum atomic E-state index is 14.0. The summed E-state index contributed by atoms with van der Waals surface area (Å²) >= 11 is 0. The van der Waals surface area contributed by atoms with Gasteiger partial charge in [0.2, 0.25) is 11.8 Å². The second kappa shape index (κ2) is 14.9. The number of likely N-dealkylation sites (tertiary alicyclic amines) is 1. The molecule has 5 fully saturated rings. The van der Waals surface area contributed by atoms with Gasteiger partial charge in [0.1, 0.15) is 0 Å². The normalized spacial score (nSPS) is 25.7. The third kappa shape index (κ3) is 7.81. The van der Waals surface area contributed by atoms with Crippen molar-refractivity contribution in [2.75, 3.05) is 78.4 Å². The molecule has 1 aliphatic carbocycles. The second-order valence-corrected chi connectivity index (χ2v) is 14.3. The Morgan fingerprint density at radius 2 is 1.82 bits per heavy atom. The van der Waals surface area contributed by atoms with Crippen molar-refractivity contribution in [2.45, 2.75) is 57.5 Å². The highest BCUT2D eigenvalue weighted by atomic mass is 16.5. The standard InChI is InChI=1S/C37H50N6O6/c1-4-26-6-5-7-28(18-26)29-20-30(40-31(44)23-38-21-27-8-13-41(2)32(45)19-27)33(39-22-29)34(46)43-16-14-42(15-17-43)24-37-11-9-36(10-12-37,25-49-37)35(47)48-3/h5-7,18,20,22,27,38H,4,8-17,19,21,23-25H2,1-3H3,(H,40,44). The lowest BCUT2D eigenvalue weighted by atomic mass is 9.66. The molecule has 12 heteroatoms. The molecule has 2 aromatic rings. The lowest BCUT2D eigenvalue weighted by molar-refractivity contribution is -0.208. The Kier molecular flexibility index (Phi) is 10.7. The molecule has 4 saturated heterocycles. The van der Waals surface area contributed by atoms with Gasteiger partial charge in [-0.1, -0.05) is 31.2 Å². The van der Waals surface area contributed by atoms with Crippen LogP contribution < -0.4 is 10.6 Å². The number of hydrogen-bond acceptors (Lipinski definition) is 9. The maximum absolute atomic E-state index is 14.0. The molecule has 0 spiro atoms. The van der Waals surface area contributed by atoms with E-state index in [9.17, 15) is 19.2 Å². The van der Waals surface area contributed by atoms with Gasteiger partial charge in [0.05, 0.1) is 37.0 Å². The summed E-state index contributed by atoms with van der Waals surface area (Å²) in [6, 6.07) is 10.0. The average Bonchev–Trinajstić information content (AvgIpc) is 3.13. The number of carbonyl (C=O) groups excluding carboxylic acids is 4. The zero-order chi connectivity index (χ0) is 34.6. The number of hydrogen-bond donors (Lipinski definition) is 2. The van der Waals surface area contributed by atoms with E-state index in [0.29, 0.717) is 51.4 Å². The summed E-state index contributed by atoms with van der Waals surface area (Å²) < 4.78 is 11.4. The van der Waals surface area contributed by atoms with Crippen LogP contribution in [0, 0.1) is 11.3 Å². The number of nitrogens with zero attached hydrogens (tertiary/aromatic N) is 4. The number of rotatable bonds is 11. The summed E-state index contributed by atoms with van der Waals surface area (Å²) in [5.41, 5.74) is 2.82. The van der Waals surface area contributed by atoms with Crippen molar-refractivity contribution < 1.29 is 28.7 Å². The van der Waals surface area contributed by atoms with Crippen molar-refractivity contribution in [1.29, 1.82) is 0 Å². The minimum atomic E-state index is -0.501. The van der Waals surface area contributed by atoms with Crippen LogP contribution in [0.1, 0.15) is 61.5 Å². The highest BCUT2D eigenvalue weighted by Gasteiger charge is 2.54. The van der Waals surface area contributed by atoms with Gasteiger partial charge in [-0.05, 0) is 68.2 Å². The summed E-state index contributed by atoms with van der Waals surface area (Å²) in [6.45, 7) is 7.11. The van der Waals surface area contributed by atoms with E-state index in [0.717, 1.165) is 62.7 Å². The third-order valence-electron chi connectivity index (χ3n) is 11.1. The fraction of sp³-hybridized carbons (Fsp3) is 0.595. The molecule has 49 heavy (non-hydrogen) atoms. The zero-order valence-corrected chi connectivity index (χ0v) is 29.1. The van der Waals surface area contributed by atoms with Crippen LogP contribution in [-0.4, -0.2) is 122 Å². The summed E-state index contributed by atoms with van der Waals surface area (Å²) in [5, 5.41) is 6.18. The molecule has 1 unspecified atom stereocenters. The van der Waals surface area contributed by atoms with E-state index in [-0.39, 0.29) is 47.4 Å². The molecule has 264 valence electrons. The number of anilines is 1. The van der Waals surface area contributed by atoms with Crippen LogP contribution in [0.2, 0.25) is 0 Å². The Labute approximate surface area is 288 Å². The first-order valence-corrected chi connectivity index (χ1v) is 17.7. The molecule has 1 aromatic carbocycles. The Bertz CT molecular complexity index is 1530. The number of aromatic nitrogens is 1. The average molecular weight is 675 g/mol. The fourth-order valence-electron chi connectivity index (χ4n) is 7.74. The number of aryl methyl sites for hydroxylation is 1. The number of pyridine rings is 1. The first-order chi connectivity index (χ1) is 23.6. The van der Waals surface area contributed by atoms with Gasteiger partial charge in [0.25, 0.3) is 5.91 Å². The van der Waals surface area contributed by atoms with Gasteiger partial charge in [-0.2, -0.15) is 0 Å². The first kappa shape index (κ1) is 35.0. The Hall–Kier alpha value is -3.87. The molecule has 4 aliphatic heterocycles. The molecular formula is C37H50N6O6. The molecule has 3 amide bonds. The Balaban J connectivity index is 1.09. The second-order valence-electron chi connectivity index (χ2n) is 14.3. The van der Waals surface area contributed by atoms with E-state index in [1.165, 1.54) is 12.7 Å². The number of nitrogens with one attached hydrogen (secondary N) is 2. The van der Waals surface area contributed by atoms with Crippen LogP contribution in [0.15, 0.2) is 36.5 Å². The molecule has 5 heterocycles. The number of piperazine rings is 1. The highest BCUT2D eigenvalue weighted by Crippen LogP contribution is 2.49. The largest absolute Gasteiger partial charge is 0.469 e. The van der Waals surface area contributed by atoms with Crippen molar-refractivity contribution in [3.05, 3.63) is 47.8 Å². The van der Waals surface area contributed by atoms with Gasteiger partial charge in [-0.3, -0.25) is 24.1 Å². The molecule has 0 radical (unpaired) electrons. The lowest BCUT2D eigenvalue weighted by Crippen LogP contribution is -2.60. The lowest BCUT2D eigenvalue weighted by Gasteiger charge is -2.53. The topological polar surface area (TPSA) is 133 Å². The van der Waals surface area contributed by atoms with Crippen molar-refractivity contribution in [2.24, 2.45) is 11.3 Å². The number of amides is 3. The molecule has 7 rings (SSSR count). The first-order valence-electron chi connectivity index (χ1n) is 17.7. The van der Waals surface area contributed by atoms with Crippen molar-refractivity contribution in [1.82, 2.24) is 25.0 Å². The van der Waals surface area contributed by atoms with Crippen molar-refractivity contribution in [3.63, 3.8) is 0 Å². The smallest absolute Gasteiger partial charge is 0.314 e. The van der Waals surface area contributed by atoms with E-state index in [4.69, 9.17) is 9.47 Å². The van der Waals surface area contributed by atoms with Crippen LogP contribution in [0.4, 0.5) is 5.69 Å². The summed E-state index contributed by atoms with van der Waals surface area (Å²) in [5.74, 6) is -0.326. The van der Waals surface area contributed by atoms with Crippen molar-refractivity contribution in [3.8, 4) is 11.1 Å². The highest BCUT2D eigenvalue weighted by molar-refractivity contribution is 6.03. The summed E-state index contributed by atoms with van der Waals surface area (Å²) in [7, 11) is 3.26. The fourth-order valence-corrected chi connectivity index (χ4v) is 7.74. The minimum Gasteiger partial charge on any atom is -0.469 e. The Morgan fingerprint density at radius 1 is 1.04 bits per heavy atom. The van der Waals surface area contributed by atoms with E-state index in [2.05, 4.69) is 39.6 Å².